The first-order valence-corrected chi connectivity index (χ1v) is 10.3. The molecule has 2 fully saturated rings. The number of piperidine rings is 1. The summed E-state index contributed by atoms with van der Waals surface area (Å²) in [5.74, 6) is -1.21. The van der Waals surface area contributed by atoms with Crippen LogP contribution in [0.15, 0.2) is 42.5 Å². The number of nitrogens with zero attached hydrogens (tertiary/aromatic N) is 4. The highest BCUT2D eigenvalue weighted by molar-refractivity contribution is 5.64. The van der Waals surface area contributed by atoms with E-state index < -0.39 is 37.6 Å². The van der Waals surface area contributed by atoms with Crippen molar-refractivity contribution in [1.29, 1.82) is 0 Å². The zero-order valence-corrected chi connectivity index (χ0v) is 18.1. The molecule has 0 bridgehead atoms. The normalized spacial score (nSPS) is 24.3. The van der Waals surface area contributed by atoms with E-state index >= 15 is 0 Å². The Bertz CT molecular complexity index is 1030. The second-order valence-electron chi connectivity index (χ2n) is 8.19. The van der Waals surface area contributed by atoms with Crippen LogP contribution in [0.5, 0.6) is 5.75 Å². The highest BCUT2D eigenvalue weighted by Crippen LogP contribution is 2.43. The summed E-state index contributed by atoms with van der Waals surface area (Å²) < 4.78 is 6.34. The highest BCUT2D eigenvalue weighted by atomic mass is 16.6. The number of benzene rings is 2. The van der Waals surface area contributed by atoms with Crippen LogP contribution < -0.4 is 0 Å². The largest absolute Gasteiger partial charge is 0.497 e. The Morgan fingerprint density at radius 1 is 1.03 bits per heavy atom. The van der Waals surface area contributed by atoms with Gasteiger partial charge >= 0.3 is 11.4 Å². The van der Waals surface area contributed by atoms with Crippen LogP contribution >= 0.6 is 0 Å². The van der Waals surface area contributed by atoms with Crippen molar-refractivity contribution in [3.05, 3.63) is 78.4 Å². The van der Waals surface area contributed by atoms with Crippen molar-refractivity contribution in [3.63, 3.8) is 0 Å². The minimum atomic E-state index is -1.21. The first-order chi connectivity index (χ1) is 15.5. The Labute approximate surface area is 188 Å². The van der Waals surface area contributed by atoms with Crippen molar-refractivity contribution in [2.45, 2.75) is 51.0 Å². The maximum atomic E-state index is 10.4. The molecule has 12 nitrogen and oxygen atoms in total. The van der Waals surface area contributed by atoms with Crippen molar-refractivity contribution >= 4 is 17.1 Å². The molecule has 2 aromatic rings. The summed E-state index contributed by atoms with van der Waals surface area (Å²) in [5.41, 5.74) is -1.72. The molecule has 2 aliphatic heterocycles. The Morgan fingerprint density at radius 3 is 2.09 bits per heavy atom. The minimum absolute atomic E-state index is 0.0296. The van der Waals surface area contributed by atoms with Gasteiger partial charge in [0.25, 0.3) is 11.4 Å². The molecule has 3 atom stereocenters. The second-order valence-corrected chi connectivity index (χ2v) is 8.19. The molecule has 176 valence electrons. The Morgan fingerprint density at radius 2 is 1.61 bits per heavy atom. The van der Waals surface area contributed by atoms with E-state index in [4.69, 9.17) is 9.84 Å². The molecule has 0 amide bonds. The summed E-state index contributed by atoms with van der Waals surface area (Å²) >= 11 is 0. The van der Waals surface area contributed by atoms with Crippen LogP contribution in [-0.4, -0.2) is 43.1 Å². The maximum Gasteiger partial charge on any atom is 0.324 e. The molecule has 12 heteroatoms. The van der Waals surface area contributed by atoms with Gasteiger partial charge in [-0.15, -0.1) is 0 Å². The van der Waals surface area contributed by atoms with Gasteiger partial charge < -0.3 is 9.84 Å². The summed E-state index contributed by atoms with van der Waals surface area (Å²) in [6.45, 7) is 5.63. The predicted octanol–water partition coefficient (Wildman–Crippen LogP) is 4.47. The SMILES string of the molecule is CC1CCCC2(C)OC(c3ccccc3)CN12.O=[N+]([O-])c1cc([N+](=O)[O-])c(O)c([N+](=O)[O-])c1. The second kappa shape index (κ2) is 9.46. The molecule has 4 rings (SSSR count). The predicted molar refractivity (Wildman–Crippen MR) is 117 cm³/mol. The van der Waals surface area contributed by atoms with Crippen molar-refractivity contribution in [2.75, 3.05) is 6.54 Å². The molecule has 2 saturated heterocycles. The highest BCUT2D eigenvalue weighted by Gasteiger charge is 2.47. The smallest absolute Gasteiger partial charge is 0.324 e. The van der Waals surface area contributed by atoms with E-state index in [1.165, 1.54) is 24.8 Å². The first kappa shape index (κ1) is 24.0. The fourth-order valence-electron chi connectivity index (χ4n) is 4.33. The number of ether oxygens (including phenoxy) is 1. The van der Waals surface area contributed by atoms with Gasteiger partial charge in [0.1, 0.15) is 5.72 Å². The molecule has 2 heterocycles. The van der Waals surface area contributed by atoms with Crippen LogP contribution in [0.4, 0.5) is 17.1 Å². The van der Waals surface area contributed by atoms with Gasteiger partial charge in [0.15, 0.2) is 0 Å². The molecule has 0 spiro atoms. The summed E-state index contributed by atoms with van der Waals surface area (Å²) in [6.07, 6.45) is 4.01. The lowest BCUT2D eigenvalue weighted by atomic mass is 9.95. The molecule has 2 aliphatic rings. The summed E-state index contributed by atoms with van der Waals surface area (Å²) in [6, 6.07) is 12.2. The minimum Gasteiger partial charge on any atom is -0.497 e. The van der Waals surface area contributed by atoms with Gasteiger partial charge in [-0.3, -0.25) is 35.2 Å². The lowest BCUT2D eigenvalue weighted by molar-refractivity contribution is -0.404. The summed E-state index contributed by atoms with van der Waals surface area (Å²) in [5, 5.41) is 40.2. The molecule has 2 aromatic carbocycles. The zero-order valence-electron chi connectivity index (χ0n) is 18.1. The van der Waals surface area contributed by atoms with E-state index in [0.29, 0.717) is 18.2 Å². The van der Waals surface area contributed by atoms with E-state index in [1.54, 1.807) is 0 Å². The van der Waals surface area contributed by atoms with E-state index in [-0.39, 0.29) is 11.8 Å². The fourth-order valence-corrected chi connectivity index (χ4v) is 4.33. The molecule has 0 saturated carbocycles. The Balaban J connectivity index is 0.000000186. The van der Waals surface area contributed by atoms with E-state index in [9.17, 15) is 30.3 Å². The molecule has 1 N–H and O–H groups in total. The number of non-ortho nitro benzene ring substituents is 1. The van der Waals surface area contributed by atoms with Crippen molar-refractivity contribution in [1.82, 2.24) is 4.90 Å². The van der Waals surface area contributed by atoms with Gasteiger partial charge in [-0.25, -0.2) is 0 Å². The summed E-state index contributed by atoms with van der Waals surface area (Å²) in [7, 11) is 0. The number of hydrogen-bond acceptors (Lipinski definition) is 9. The topological polar surface area (TPSA) is 162 Å². The van der Waals surface area contributed by atoms with Gasteiger partial charge in [0.2, 0.25) is 0 Å². The quantitative estimate of drug-likeness (QED) is 0.512. The fraction of sp³-hybridized carbons (Fsp3) is 0.429. The van der Waals surface area contributed by atoms with E-state index in [2.05, 4.69) is 49.1 Å². The lowest BCUT2D eigenvalue weighted by Crippen LogP contribution is -2.50. The van der Waals surface area contributed by atoms with Crippen LogP contribution in [-0.2, 0) is 4.74 Å². The number of phenolic OH excluding ortho intramolecular Hbond substituents is 1. The third-order valence-corrected chi connectivity index (χ3v) is 5.99. The molecule has 3 unspecified atom stereocenters. The van der Waals surface area contributed by atoms with Crippen LogP contribution in [0.2, 0.25) is 0 Å². The van der Waals surface area contributed by atoms with E-state index in [1.807, 2.05) is 0 Å². The number of nitro groups is 3. The average molecular weight is 460 g/mol. The van der Waals surface area contributed by atoms with Gasteiger partial charge in [-0.1, -0.05) is 30.3 Å². The third kappa shape index (κ3) is 5.07. The lowest BCUT2D eigenvalue weighted by Gasteiger charge is -2.42. The number of phenols is 1. The molecule has 0 radical (unpaired) electrons. The molecular formula is C21H24N4O8. The van der Waals surface area contributed by atoms with Crippen molar-refractivity contribution in [3.8, 4) is 5.75 Å². The van der Waals surface area contributed by atoms with Gasteiger partial charge in [0, 0.05) is 12.6 Å². The zero-order chi connectivity index (χ0) is 24.3. The van der Waals surface area contributed by atoms with Gasteiger partial charge in [-0.2, -0.15) is 0 Å². The van der Waals surface area contributed by atoms with Gasteiger partial charge in [0.05, 0.1) is 33.0 Å². The van der Waals surface area contributed by atoms with E-state index in [0.717, 1.165) is 6.54 Å². The number of rotatable bonds is 4. The molecule has 33 heavy (non-hydrogen) atoms. The number of nitro benzene ring substituents is 3. The number of hydrogen-bond donors (Lipinski definition) is 1. The number of fused-ring (bicyclic) bond motifs is 1. The van der Waals surface area contributed by atoms with Gasteiger partial charge in [-0.05, 0) is 38.7 Å². The van der Waals surface area contributed by atoms with Crippen LogP contribution in [0.1, 0.15) is 44.8 Å². The average Bonchev–Trinajstić information content (AvgIpc) is 3.13. The Kier molecular flexibility index (Phi) is 6.89. The van der Waals surface area contributed by atoms with Crippen LogP contribution in [0.25, 0.3) is 0 Å². The third-order valence-electron chi connectivity index (χ3n) is 5.99. The molecule has 0 aliphatic carbocycles. The summed E-state index contributed by atoms with van der Waals surface area (Å²) in [4.78, 5) is 30.3. The Hall–Kier alpha value is -3.64. The maximum absolute atomic E-state index is 10.4. The van der Waals surface area contributed by atoms with Crippen LogP contribution in [0, 0.1) is 30.3 Å². The van der Waals surface area contributed by atoms with Crippen molar-refractivity contribution in [2.24, 2.45) is 0 Å². The standard InChI is InChI=1S/C15H21NO.C6H3N3O7/c1-12-7-6-10-15(2)16(12)11-14(17-15)13-8-4-3-5-9-13;10-6-4(8(13)14)1-3(7(11)12)2-5(6)9(15)16/h3-5,8-9,12,14H,6-7,10-11H2,1-2H3;1-2,10H. The van der Waals surface area contributed by atoms with Crippen LogP contribution in [0.3, 0.4) is 0 Å². The molecule has 0 aromatic heterocycles. The molecular weight excluding hydrogens is 436 g/mol. The monoisotopic (exact) mass is 460 g/mol. The first-order valence-electron chi connectivity index (χ1n) is 10.3. The van der Waals surface area contributed by atoms with Crippen molar-refractivity contribution < 1.29 is 24.6 Å². The number of aromatic hydroxyl groups is 1.